The van der Waals surface area contributed by atoms with Gasteiger partial charge in [-0.3, -0.25) is 0 Å². The highest BCUT2D eigenvalue weighted by Gasteiger charge is 1.97. The zero-order valence-corrected chi connectivity index (χ0v) is 7.34. The van der Waals surface area contributed by atoms with Gasteiger partial charge in [0.15, 0.2) is 0 Å². The molecule has 0 atom stereocenters. The minimum atomic E-state index is -1.40. The summed E-state index contributed by atoms with van der Waals surface area (Å²) in [7, 11) is 0.199. The molecular weight excluding hydrogens is 167 g/mol. The van der Waals surface area contributed by atoms with Crippen LogP contribution in [0.25, 0.3) is 6.08 Å². The van der Waals surface area contributed by atoms with Crippen LogP contribution in [-0.4, -0.2) is 24.3 Å². The lowest BCUT2D eigenvalue weighted by atomic mass is 9.91. The van der Waals surface area contributed by atoms with Gasteiger partial charge in [-0.25, -0.2) is 0 Å². The van der Waals surface area contributed by atoms with E-state index in [4.69, 9.17) is 14.8 Å². The second kappa shape index (κ2) is 4.69. The van der Waals surface area contributed by atoms with Crippen LogP contribution in [0.5, 0.6) is 5.75 Å². The van der Waals surface area contributed by atoms with Gasteiger partial charge < -0.3 is 14.8 Å². The van der Waals surface area contributed by atoms with Gasteiger partial charge >= 0.3 is 7.12 Å². The Morgan fingerprint density at radius 2 is 1.85 bits per heavy atom. The van der Waals surface area contributed by atoms with Crippen molar-refractivity contribution in [3.8, 4) is 5.75 Å². The molecule has 1 aromatic rings. The third-order valence-corrected chi connectivity index (χ3v) is 1.58. The van der Waals surface area contributed by atoms with Gasteiger partial charge in [-0.2, -0.15) is 0 Å². The van der Waals surface area contributed by atoms with Crippen molar-refractivity contribution in [3.63, 3.8) is 0 Å². The Balaban J connectivity index is 2.69. The van der Waals surface area contributed by atoms with Gasteiger partial charge in [0.2, 0.25) is 0 Å². The fourth-order valence-corrected chi connectivity index (χ4v) is 0.912. The van der Waals surface area contributed by atoms with Crippen LogP contribution in [0.3, 0.4) is 0 Å². The molecule has 0 heterocycles. The van der Waals surface area contributed by atoms with Crippen molar-refractivity contribution in [1.82, 2.24) is 0 Å². The first-order valence-electron chi connectivity index (χ1n) is 3.91. The van der Waals surface area contributed by atoms with Gasteiger partial charge in [0.05, 0.1) is 7.11 Å². The average Bonchev–Trinajstić information content (AvgIpc) is 2.15. The first kappa shape index (κ1) is 9.83. The zero-order valence-electron chi connectivity index (χ0n) is 7.34. The molecule has 0 saturated carbocycles. The Morgan fingerprint density at radius 3 is 2.31 bits per heavy atom. The molecule has 0 aliphatic heterocycles. The Labute approximate surface area is 77.4 Å². The smallest absolute Gasteiger partial charge is 0.480 e. The lowest BCUT2D eigenvalue weighted by molar-refractivity contribution is 0.415. The zero-order chi connectivity index (χ0) is 9.68. The molecule has 4 heteroatoms. The van der Waals surface area contributed by atoms with Gasteiger partial charge in [0.1, 0.15) is 5.75 Å². The third-order valence-electron chi connectivity index (χ3n) is 1.58. The molecule has 0 unspecified atom stereocenters. The maximum Gasteiger partial charge on any atom is 0.480 e. The van der Waals surface area contributed by atoms with Crippen LogP contribution in [0.4, 0.5) is 0 Å². The second-order valence-corrected chi connectivity index (χ2v) is 2.55. The van der Waals surface area contributed by atoms with Gasteiger partial charge in [0, 0.05) is 0 Å². The van der Waals surface area contributed by atoms with Crippen LogP contribution >= 0.6 is 0 Å². The highest BCUT2D eigenvalue weighted by atomic mass is 16.5. The first-order valence-corrected chi connectivity index (χ1v) is 3.91. The summed E-state index contributed by atoms with van der Waals surface area (Å²) in [6.07, 6.45) is 1.63. The van der Waals surface area contributed by atoms with Crippen LogP contribution < -0.4 is 4.74 Å². The van der Waals surface area contributed by atoms with Gasteiger partial charge in [0.25, 0.3) is 0 Å². The van der Waals surface area contributed by atoms with E-state index in [0.29, 0.717) is 0 Å². The van der Waals surface area contributed by atoms with Gasteiger partial charge in [-0.05, 0) is 17.7 Å². The number of ether oxygens (including phenoxy) is 1. The Bertz CT molecular complexity index is 279. The normalized spacial score (nSPS) is 10.4. The average molecular weight is 178 g/mol. The summed E-state index contributed by atoms with van der Waals surface area (Å²) in [6, 6.07) is 7.28. The van der Waals surface area contributed by atoms with Crippen LogP contribution in [0.1, 0.15) is 5.56 Å². The molecule has 0 saturated heterocycles. The van der Waals surface area contributed by atoms with Crippen molar-refractivity contribution in [3.05, 3.63) is 35.8 Å². The highest BCUT2D eigenvalue weighted by Crippen LogP contribution is 2.11. The van der Waals surface area contributed by atoms with Crippen molar-refractivity contribution in [2.45, 2.75) is 0 Å². The van der Waals surface area contributed by atoms with E-state index >= 15 is 0 Å². The fourth-order valence-electron chi connectivity index (χ4n) is 0.912. The highest BCUT2D eigenvalue weighted by molar-refractivity contribution is 6.48. The number of rotatable bonds is 3. The Hall–Kier alpha value is -1.26. The van der Waals surface area contributed by atoms with E-state index in [1.54, 1.807) is 13.2 Å². The number of hydrogen-bond acceptors (Lipinski definition) is 3. The quantitative estimate of drug-likeness (QED) is 0.670. The van der Waals surface area contributed by atoms with Crippen LogP contribution in [-0.2, 0) is 0 Å². The summed E-state index contributed by atoms with van der Waals surface area (Å²) in [5.74, 6) is 2.07. The van der Waals surface area contributed by atoms with Crippen LogP contribution in [0.2, 0.25) is 0 Å². The molecule has 1 rings (SSSR count). The summed E-state index contributed by atoms with van der Waals surface area (Å²) in [4.78, 5) is 0. The molecule has 2 N–H and O–H groups in total. The predicted molar refractivity (Wildman–Crippen MR) is 52.2 cm³/mol. The third kappa shape index (κ3) is 3.31. The molecule has 0 fully saturated rings. The number of methoxy groups -OCH3 is 1. The summed E-state index contributed by atoms with van der Waals surface area (Å²) >= 11 is 0. The van der Waals surface area contributed by atoms with E-state index in [2.05, 4.69) is 0 Å². The predicted octanol–water partition coefficient (Wildman–Crippen LogP) is 0.720. The van der Waals surface area contributed by atoms with Crippen LogP contribution in [0, 0.1) is 0 Å². The van der Waals surface area contributed by atoms with Crippen molar-refractivity contribution >= 4 is 13.2 Å². The van der Waals surface area contributed by atoms with E-state index in [9.17, 15) is 0 Å². The maximum atomic E-state index is 8.56. The lowest BCUT2D eigenvalue weighted by Crippen LogP contribution is -2.05. The van der Waals surface area contributed by atoms with Crippen LogP contribution in [0.15, 0.2) is 30.2 Å². The fraction of sp³-hybridized carbons (Fsp3) is 0.111. The van der Waals surface area contributed by atoms with Gasteiger partial charge in [-0.15, -0.1) is 0 Å². The molecule has 1 aromatic carbocycles. The molecule has 0 spiro atoms. The summed E-state index contributed by atoms with van der Waals surface area (Å²) in [6.45, 7) is 0. The van der Waals surface area contributed by atoms with E-state index in [1.165, 1.54) is 5.98 Å². The van der Waals surface area contributed by atoms with E-state index in [0.717, 1.165) is 11.3 Å². The molecule has 13 heavy (non-hydrogen) atoms. The first-order chi connectivity index (χ1) is 6.22. The standard InChI is InChI=1S/C9H11BO3/c1-13-9-4-2-8(3-5-9)6-7-10(11)12/h2-7,11-12H,1H3/b7-6+. The van der Waals surface area contributed by atoms with Crippen molar-refractivity contribution in [2.24, 2.45) is 0 Å². The molecule has 0 aromatic heterocycles. The summed E-state index contributed by atoms with van der Waals surface area (Å²) < 4.78 is 4.97. The Kier molecular flexibility index (Phi) is 3.55. The maximum absolute atomic E-state index is 8.56. The SMILES string of the molecule is COc1ccc(/C=C/B(O)O)cc1. The van der Waals surface area contributed by atoms with Crippen molar-refractivity contribution < 1.29 is 14.8 Å². The molecule has 68 valence electrons. The summed E-state index contributed by atoms with van der Waals surface area (Å²) in [5, 5.41) is 17.1. The molecule has 3 nitrogen and oxygen atoms in total. The largest absolute Gasteiger partial charge is 0.497 e. The minimum Gasteiger partial charge on any atom is -0.497 e. The molecule has 0 bridgehead atoms. The number of benzene rings is 1. The van der Waals surface area contributed by atoms with Gasteiger partial charge in [-0.1, -0.05) is 24.2 Å². The second-order valence-electron chi connectivity index (χ2n) is 2.55. The monoisotopic (exact) mass is 178 g/mol. The van der Waals surface area contributed by atoms with E-state index in [-0.39, 0.29) is 0 Å². The van der Waals surface area contributed by atoms with E-state index in [1.807, 2.05) is 24.3 Å². The molecular formula is C9H11BO3. The van der Waals surface area contributed by atoms with Crippen molar-refractivity contribution in [2.75, 3.05) is 7.11 Å². The lowest BCUT2D eigenvalue weighted by Gasteiger charge is -1.98. The molecule has 0 aliphatic rings. The number of hydrogen-bond donors (Lipinski definition) is 2. The van der Waals surface area contributed by atoms with Crippen molar-refractivity contribution in [1.29, 1.82) is 0 Å². The Morgan fingerprint density at radius 1 is 1.23 bits per heavy atom. The molecule has 0 radical (unpaired) electrons. The minimum absolute atomic E-state index is 0.779. The topological polar surface area (TPSA) is 49.7 Å². The molecule has 0 amide bonds. The van der Waals surface area contributed by atoms with E-state index < -0.39 is 7.12 Å². The molecule has 0 aliphatic carbocycles. The summed E-state index contributed by atoms with van der Waals surface area (Å²) in [5.41, 5.74) is 0.897.